The zero-order valence-corrected chi connectivity index (χ0v) is 25.5. The minimum Gasteiger partial charge on any atom is -0.483 e. The molecule has 1 aliphatic rings. The maximum absolute atomic E-state index is 13.0. The first-order valence-corrected chi connectivity index (χ1v) is 15.6. The van der Waals surface area contributed by atoms with Crippen molar-refractivity contribution >= 4 is 37.7 Å². The number of rotatable bonds is 8. The van der Waals surface area contributed by atoms with Crippen molar-refractivity contribution in [2.45, 2.75) is 62.1 Å². The van der Waals surface area contributed by atoms with Gasteiger partial charge in [-0.1, -0.05) is 45.0 Å². The van der Waals surface area contributed by atoms with Crippen LogP contribution in [0.25, 0.3) is 27.9 Å². The van der Waals surface area contributed by atoms with Crippen LogP contribution in [0.1, 0.15) is 51.3 Å². The second kappa shape index (κ2) is 10.4. The lowest BCUT2D eigenvalue weighted by molar-refractivity contribution is -0.832. The van der Waals surface area contributed by atoms with Gasteiger partial charge in [0.05, 0.1) is 15.6 Å². The van der Waals surface area contributed by atoms with Gasteiger partial charge in [-0.3, -0.25) is 4.63 Å². The Balaban J connectivity index is 1.24. The monoisotopic (exact) mass is 602 g/mol. The number of aromatic amines is 1. The molecule has 0 fully saturated rings. The normalized spacial score (nSPS) is 14.6. The van der Waals surface area contributed by atoms with E-state index in [0.29, 0.717) is 13.1 Å². The Morgan fingerprint density at radius 2 is 1.86 bits per heavy atom. The number of ether oxygens (including phenoxy) is 2. The summed E-state index contributed by atoms with van der Waals surface area (Å²) in [5, 5.41) is 20.6. The van der Waals surface area contributed by atoms with Gasteiger partial charge in [0.1, 0.15) is 18.0 Å². The van der Waals surface area contributed by atoms with Crippen LogP contribution in [0.4, 0.5) is 0 Å². The minimum atomic E-state index is -4.19. The van der Waals surface area contributed by atoms with Crippen molar-refractivity contribution in [3.8, 4) is 11.6 Å². The van der Waals surface area contributed by atoms with E-state index in [2.05, 4.69) is 77.3 Å². The predicted molar refractivity (Wildman–Crippen MR) is 163 cm³/mol. The first-order chi connectivity index (χ1) is 20.3. The van der Waals surface area contributed by atoms with E-state index in [1.807, 2.05) is 13.8 Å². The van der Waals surface area contributed by atoms with Crippen LogP contribution >= 0.6 is 0 Å². The van der Waals surface area contributed by atoms with E-state index in [1.165, 1.54) is 17.7 Å². The number of hydrogen-bond donors (Lipinski definition) is 2. The van der Waals surface area contributed by atoms with Gasteiger partial charge in [0.15, 0.2) is 0 Å². The Bertz CT molecular complexity index is 1970. The molecule has 2 N–H and O–H groups in total. The zero-order chi connectivity index (χ0) is 30.6. The van der Waals surface area contributed by atoms with Crippen molar-refractivity contribution in [2.24, 2.45) is 0 Å². The Labute approximate surface area is 249 Å². The smallest absolute Gasteiger partial charge is 0.415 e. The molecule has 0 atom stereocenters. The predicted octanol–water partition coefficient (Wildman–Crippen LogP) is 5.43. The lowest BCUT2D eigenvalue weighted by Gasteiger charge is -2.30. The second-order valence-corrected chi connectivity index (χ2v) is 14.1. The van der Waals surface area contributed by atoms with E-state index in [0.717, 1.165) is 38.7 Å². The van der Waals surface area contributed by atoms with Gasteiger partial charge in [-0.05, 0) is 72.2 Å². The molecule has 6 rings (SSSR count). The lowest BCUT2D eigenvalue weighted by atomic mass is 9.86. The Hall–Kier alpha value is -4.35. The third-order valence-electron chi connectivity index (χ3n) is 7.53. The quantitative estimate of drug-likeness (QED) is 0.178. The summed E-state index contributed by atoms with van der Waals surface area (Å²) in [5.74, 6) is 0.416. The van der Waals surface area contributed by atoms with Crippen molar-refractivity contribution in [1.82, 2.24) is 15.5 Å². The van der Waals surface area contributed by atoms with Gasteiger partial charge in [0.2, 0.25) is 0 Å². The van der Waals surface area contributed by atoms with Crippen molar-refractivity contribution in [3.63, 3.8) is 0 Å². The van der Waals surface area contributed by atoms with Crippen LogP contribution < -0.4 is 19.7 Å². The lowest BCUT2D eigenvalue weighted by Crippen LogP contribution is -2.31. The molecule has 43 heavy (non-hydrogen) atoms. The van der Waals surface area contributed by atoms with Crippen LogP contribution in [0.3, 0.4) is 0 Å². The minimum absolute atomic E-state index is 0.0128. The molecule has 0 radical (unpaired) electrons. The molecule has 0 spiro atoms. The van der Waals surface area contributed by atoms with Crippen molar-refractivity contribution < 1.29 is 27.4 Å². The van der Waals surface area contributed by atoms with Crippen LogP contribution in [-0.4, -0.2) is 37.3 Å². The molecule has 0 amide bonds. The molecule has 0 saturated heterocycles. The van der Waals surface area contributed by atoms with E-state index in [4.69, 9.17) is 9.47 Å². The molecule has 3 heterocycles. The topological polar surface area (TPSA) is 133 Å². The summed E-state index contributed by atoms with van der Waals surface area (Å²) in [7, 11) is -4.19. The number of aromatic nitrogens is 3. The first kappa shape index (κ1) is 28.8. The number of nitrogens with zero attached hydrogens (tertiary/aromatic N) is 2. The van der Waals surface area contributed by atoms with E-state index in [9.17, 15) is 13.6 Å². The van der Waals surface area contributed by atoms with Crippen molar-refractivity contribution in [2.75, 3.05) is 13.2 Å². The molecule has 1 aliphatic heterocycles. The molecule has 0 bridgehead atoms. The summed E-state index contributed by atoms with van der Waals surface area (Å²) in [4.78, 5) is 3.39. The molecule has 10 nitrogen and oxygen atoms in total. The third kappa shape index (κ3) is 5.34. The number of nitrogens with one attached hydrogen (secondary N) is 2. The largest absolute Gasteiger partial charge is 0.483 e. The maximum Gasteiger partial charge on any atom is 0.415 e. The van der Waals surface area contributed by atoms with Gasteiger partial charge in [-0.25, -0.2) is 8.42 Å². The highest BCUT2D eigenvalue weighted by atomic mass is 32.2. The number of sulfone groups is 1. The number of hydrogen-bond acceptors (Lipinski definition) is 8. The highest BCUT2D eigenvalue weighted by Gasteiger charge is 2.35. The van der Waals surface area contributed by atoms with Crippen molar-refractivity contribution in [3.05, 3.63) is 82.6 Å². The molecule has 0 aliphatic carbocycles. The Morgan fingerprint density at radius 1 is 1.09 bits per heavy atom. The van der Waals surface area contributed by atoms with E-state index in [-0.39, 0.29) is 27.7 Å². The highest BCUT2D eigenvalue weighted by molar-refractivity contribution is 7.91. The standard InChI is InChI=1S/C32H34N4O6S/c1-31(2,3)21-11-12-26-24(18-21)25-17-20(28-23(27(25)34-26)13-14-32(4,5)41-28)19-33-15-16-40-29-30(36(37)42-35-29)43(38,39)22-9-7-6-8-10-22/h6-14,17-18,33-34H,15-16,19H2,1-5H3. The number of H-pyrrole nitrogens is 1. The molecular formula is C32H34N4O6S. The summed E-state index contributed by atoms with van der Waals surface area (Å²) in [6, 6.07) is 16.3. The molecular weight excluding hydrogens is 568 g/mol. The molecule has 0 saturated carbocycles. The van der Waals surface area contributed by atoms with E-state index < -0.39 is 20.5 Å². The van der Waals surface area contributed by atoms with Gasteiger partial charge in [-0.2, -0.15) is 0 Å². The summed E-state index contributed by atoms with van der Waals surface area (Å²) in [6.45, 7) is 11.5. The molecule has 3 aromatic carbocycles. The molecule has 0 unspecified atom stereocenters. The van der Waals surface area contributed by atoms with E-state index >= 15 is 0 Å². The fourth-order valence-corrected chi connectivity index (χ4v) is 6.54. The van der Waals surface area contributed by atoms with Gasteiger partial charge in [0.25, 0.3) is 9.84 Å². The fourth-order valence-electron chi connectivity index (χ4n) is 5.24. The number of fused-ring (bicyclic) bond motifs is 5. The Kier molecular flexibility index (Phi) is 6.97. The average molecular weight is 603 g/mol. The zero-order valence-electron chi connectivity index (χ0n) is 24.7. The van der Waals surface area contributed by atoms with Gasteiger partial charge < -0.3 is 25.0 Å². The van der Waals surface area contributed by atoms with Gasteiger partial charge in [-0.15, -0.1) is 0 Å². The summed E-state index contributed by atoms with van der Waals surface area (Å²) < 4.78 is 42.6. The summed E-state index contributed by atoms with van der Waals surface area (Å²) in [5.41, 5.74) is 4.86. The van der Waals surface area contributed by atoms with Gasteiger partial charge in [0, 0.05) is 40.5 Å². The maximum atomic E-state index is 13.0. The SMILES string of the molecule is CC1(C)C=Cc2c(c(CNCCOc3no[n+]([O-])c3S(=O)(=O)c3ccccc3)cc3c2[nH]c2ccc(C(C)(C)C)cc23)O1. The average Bonchev–Trinajstić information content (AvgIpc) is 3.52. The molecule has 2 aromatic heterocycles. The second-order valence-electron chi connectivity index (χ2n) is 12.3. The first-order valence-electron chi connectivity index (χ1n) is 14.1. The van der Waals surface area contributed by atoms with Crippen molar-refractivity contribution in [1.29, 1.82) is 0 Å². The van der Waals surface area contributed by atoms with Crippen LogP contribution in [0.15, 0.2) is 75.2 Å². The molecule has 11 heteroatoms. The molecule has 224 valence electrons. The highest BCUT2D eigenvalue weighted by Crippen LogP contribution is 2.42. The summed E-state index contributed by atoms with van der Waals surface area (Å²) >= 11 is 0. The third-order valence-corrected chi connectivity index (χ3v) is 9.26. The van der Waals surface area contributed by atoms with Crippen LogP contribution in [0.2, 0.25) is 0 Å². The van der Waals surface area contributed by atoms with E-state index in [1.54, 1.807) is 18.2 Å². The van der Waals surface area contributed by atoms with Crippen LogP contribution in [0.5, 0.6) is 11.6 Å². The van der Waals surface area contributed by atoms with Crippen LogP contribution in [-0.2, 0) is 21.8 Å². The fraction of sp³-hybridized carbons (Fsp3) is 0.312. The van der Waals surface area contributed by atoms with Crippen LogP contribution in [0, 0.1) is 5.21 Å². The molecule has 5 aromatic rings. The Morgan fingerprint density at radius 3 is 2.60 bits per heavy atom. The summed E-state index contributed by atoms with van der Waals surface area (Å²) in [6.07, 6.45) is 4.18. The number of benzene rings is 3. The van der Waals surface area contributed by atoms with Gasteiger partial charge >= 0.3 is 10.9 Å².